The van der Waals surface area contributed by atoms with Gasteiger partial charge in [-0.3, -0.25) is 4.79 Å². The Labute approximate surface area is 184 Å². The quantitative estimate of drug-likeness (QED) is 0.576. The number of para-hydroxylation sites is 1. The number of hydrogen-bond donors (Lipinski definition) is 1. The average Bonchev–Trinajstić information content (AvgIpc) is 3.06. The molecule has 1 atom stereocenters. The van der Waals surface area contributed by atoms with Crippen LogP contribution in [0.4, 0.5) is 17.3 Å². The number of aromatic nitrogens is 2. The van der Waals surface area contributed by atoms with Crippen LogP contribution in [0, 0.1) is 6.92 Å². The summed E-state index contributed by atoms with van der Waals surface area (Å²) < 4.78 is 27.4. The summed E-state index contributed by atoms with van der Waals surface area (Å²) in [5.41, 5.74) is 2.20. The van der Waals surface area contributed by atoms with Gasteiger partial charge < -0.3 is 0 Å². The first kappa shape index (κ1) is 21.2. The Morgan fingerprint density at radius 3 is 2.41 bits per heavy atom. The molecule has 1 aliphatic rings. The summed E-state index contributed by atoms with van der Waals surface area (Å²) in [5, 5.41) is 13.8. The summed E-state index contributed by atoms with van der Waals surface area (Å²) in [6.07, 6.45) is 1.47. The van der Waals surface area contributed by atoms with Crippen LogP contribution in [0.3, 0.4) is 0 Å². The molecule has 2 aromatic carbocycles. The monoisotopic (exact) mass is 449 g/mol. The van der Waals surface area contributed by atoms with Crippen LogP contribution in [0.25, 0.3) is 0 Å². The first-order valence-corrected chi connectivity index (χ1v) is 11.1. The fraction of sp³-hybridized carbons (Fsp3) is 0.143. The highest BCUT2D eigenvalue weighted by atomic mass is 32.2. The molecule has 0 saturated carbocycles. The Hall–Kier alpha value is -3.99. The number of rotatable bonds is 6. The maximum atomic E-state index is 12.7. The van der Waals surface area contributed by atoms with E-state index in [0.29, 0.717) is 22.8 Å². The molecule has 0 radical (unpaired) electrons. The molecule has 1 aromatic heterocycles. The number of hydrogen-bond acceptors (Lipinski definition) is 8. The molecule has 1 amide bonds. The van der Waals surface area contributed by atoms with Crippen molar-refractivity contribution in [1.82, 2.24) is 9.97 Å². The average molecular weight is 449 g/mol. The third kappa shape index (κ3) is 4.52. The van der Waals surface area contributed by atoms with Crippen LogP contribution in [-0.2, 0) is 14.8 Å². The van der Waals surface area contributed by atoms with E-state index in [1.165, 1.54) is 35.5 Å². The van der Waals surface area contributed by atoms with Gasteiger partial charge in [0.1, 0.15) is 0 Å². The van der Waals surface area contributed by atoms with Gasteiger partial charge in [-0.1, -0.05) is 18.2 Å². The van der Waals surface area contributed by atoms with Crippen LogP contribution >= 0.6 is 0 Å². The van der Waals surface area contributed by atoms with Gasteiger partial charge in [-0.25, -0.2) is 23.1 Å². The van der Waals surface area contributed by atoms with E-state index >= 15 is 0 Å². The van der Waals surface area contributed by atoms with Gasteiger partial charge in [0, 0.05) is 11.9 Å². The summed E-state index contributed by atoms with van der Waals surface area (Å²) in [5.74, 6) is -0.315. The molecule has 0 bridgehead atoms. The number of nitrogens with zero attached hydrogens (tertiary/aromatic N) is 6. The maximum Gasteiger partial charge on any atom is 0.280 e. The number of anilines is 2. The Morgan fingerprint density at radius 1 is 1.00 bits per heavy atom. The second-order valence-corrected chi connectivity index (χ2v) is 8.65. The lowest BCUT2D eigenvalue weighted by atomic mass is 10.2. The number of azo groups is 1. The number of carbonyl (C=O) groups is 1. The Bertz CT molecular complexity index is 1310. The van der Waals surface area contributed by atoms with E-state index in [4.69, 9.17) is 0 Å². The van der Waals surface area contributed by atoms with Gasteiger partial charge in [0.15, 0.2) is 6.04 Å². The first-order valence-electron chi connectivity index (χ1n) is 9.61. The molecule has 1 aliphatic heterocycles. The molecule has 3 aromatic rings. The second kappa shape index (κ2) is 8.63. The Balaban J connectivity index is 1.47. The number of carbonyl (C=O) groups excluding carboxylic acids is 1. The zero-order chi connectivity index (χ0) is 22.7. The lowest BCUT2D eigenvalue weighted by molar-refractivity contribution is -0.117. The minimum atomic E-state index is -3.86. The van der Waals surface area contributed by atoms with Crippen molar-refractivity contribution in [3.8, 4) is 0 Å². The van der Waals surface area contributed by atoms with Crippen LogP contribution in [-0.4, -0.2) is 36.0 Å². The predicted molar refractivity (Wildman–Crippen MR) is 119 cm³/mol. The van der Waals surface area contributed by atoms with Gasteiger partial charge in [0.2, 0.25) is 5.95 Å². The summed E-state index contributed by atoms with van der Waals surface area (Å²) in [6, 6.07) is 15.6. The molecule has 4 rings (SSSR count). The van der Waals surface area contributed by atoms with E-state index in [2.05, 4.69) is 30.0 Å². The Kier molecular flexibility index (Phi) is 5.73. The molecule has 0 fully saturated rings. The van der Waals surface area contributed by atoms with Crippen molar-refractivity contribution in [3.63, 3.8) is 0 Å². The zero-order valence-electron chi connectivity index (χ0n) is 17.2. The van der Waals surface area contributed by atoms with Gasteiger partial charge in [-0.15, -0.1) is 0 Å². The van der Waals surface area contributed by atoms with Crippen molar-refractivity contribution in [2.45, 2.75) is 24.8 Å². The van der Waals surface area contributed by atoms with Gasteiger partial charge in [0.25, 0.3) is 15.9 Å². The van der Waals surface area contributed by atoms with Gasteiger partial charge in [0.05, 0.1) is 22.0 Å². The fourth-order valence-corrected chi connectivity index (χ4v) is 3.89. The Morgan fingerprint density at radius 2 is 1.72 bits per heavy atom. The lowest BCUT2D eigenvalue weighted by Gasteiger charge is -2.11. The topological polar surface area (TPSA) is 129 Å². The van der Waals surface area contributed by atoms with Crippen molar-refractivity contribution in [1.29, 1.82) is 0 Å². The molecule has 0 saturated heterocycles. The molecule has 10 nitrogen and oxygen atoms in total. The number of amides is 1. The number of sulfonamides is 1. The third-order valence-corrected chi connectivity index (χ3v) is 5.90. The molecule has 32 heavy (non-hydrogen) atoms. The minimum absolute atomic E-state index is 0.00811. The van der Waals surface area contributed by atoms with E-state index in [1.54, 1.807) is 32.0 Å². The lowest BCUT2D eigenvalue weighted by Crippen LogP contribution is -2.29. The van der Waals surface area contributed by atoms with E-state index in [1.807, 2.05) is 18.2 Å². The summed E-state index contributed by atoms with van der Waals surface area (Å²) in [7, 11) is -3.86. The normalized spacial score (nSPS) is 16.4. The molecule has 1 N–H and O–H groups in total. The first-order chi connectivity index (χ1) is 15.3. The molecule has 0 unspecified atom stereocenters. The van der Waals surface area contributed by atoms with Crippen LogP contribution in [0.1, 0.15) is 12.6 Å². The van der Waals surface area contributed by atoms with E-state index in [0.717, 1.165) is 0 Å². The molecule has 2 heterocycles. The number of hydrazone groups is 1. The molecular weight excluding hydrogens is 430 g/mol. The SMILES string of the molecule is CC1=NN(c2ccccc2)C(=O)[C@@H]1N=Nc1ccc(S(=O)(=O)Nc2nccc(C)n2)cc1. The molecule has 0 spiro atoms. The van der Waals surface area contributed by atoms with Crippen LogP contribution < -0.4 is 9.73 Å². The van der Waals surface area contributed by atoms with E-state index < -0.39 is 16.1 Å². The molecule has 0 aliphatic carbocycles. The van der Waals surface area contributed by atoms with Crippen molar-refractivity contribution in [3.05, 3.63) is 72.6 Å². The predicted octanol–water partition coefficient (Wildman–Crippen LogP) is 3.46. The van der Waals surface area contributed by atoms with Crippen LogP contribution in [0.15, 0.2) is 87.1 Å². The number of aryl methyl sites for hydroxylation is 1. The second-order valence-electron chi connectivity index (χ2n) is 6.97. The maximum absolute atomic E-state index is 12.7. The number of benzene rings is 2. The van der Waals surface area contributed by atoms with Crippen molar-refractivity contribution < 1.29 is 13.2 Å². The summed E-state index contributed by atoms with van der Waals surface area (Å²) in [4.78, 5) is 20.6. The van der Waals surface area contributed by atoms with Gasteiger partial charge in [-0.05, 0) is 56.3 Å². The zero-order valence-corrected chi connectivity index (χ0v) is 18.1. The van der Waals surface area contributed by atoms with Crippen LogP contribution in [0.5, 0.6) is 0 Å². The molecular formula is C21H19N7O3S. The van der Waals surface area contributed by atoms with Crippen molar-refractivity contribution in [2.75, 3.05) is 9.73 Å². The smallest absolute Gasteiger partial charge is 0.269 e. The van der Waals surface area contributed by atoms with Crippen LogP contribution in [0.2, 0.25) is 0 Å². The number of nitrogens with one attached hydrogen (secondary N) is 1. The van der Waals surface area contributed by atoms with Gasteiger partial charge >= 0.3 is 0 Å². The van der Waals surface area contributed by atoms with E-state index in [9.17, 15) is 13.2 Å². The standard InChI is InChI=1S/C21H19N7O3S/c1-14-12-13-22-21(23-14)27-32(30,31)18-10-8-16(9-11-18)24-25-19-15(2)26-28(20(19)29)17-6-4-3-5-7-17/h3-13,19H,1-2H3,(H,22,23,27)/t19-/m1/s1. The highest BCUT2D eigenvalue weighted by Gasteiger charge is 2.34. The van der Waals surface area contributed by atoms with E-state index in [-0.39, 0.29) is 16.8 Å². The van der Waals surface area contributed by atoms with Crippen molar-refractivity contribution >= 4 is 39.0 Å². The molecule has 162 valence electrons. The largest absolute Gasteiger partial charge is 0.280 e. The van der Waals surface area contributed by atoms with Gasteiger partial charge in [-0.2, -0.15) is 20.3 Å². The van der Waals surface area contributed by atoms with Crippen molar-refractivity contribution in [2.24, 2.45) is 15.3 Å². The summed E-state index contributed by atoms with van der Waals surface area (Å²) in [6.45, 7) is 3.44. The molecule has 11 heteroatoms. The third-order valence-electron chi connectivity index (χ3n) is 4.55. The summed E-state index contributed by atoms with van der Waals surface area (Å²) >= 11 is 0. The minimum Gasteiger partial charge on any atom is -0.269 e. The highest BCUT2D eigenvalue weighted by Crippen LogP contribution is 2.24. The fourth-order valence-electron chi connectivity index (χ4n) is 2.94. The highest BCUT2D eigenvalue weighted by molar-refractivity contribution is 7.92.